The van der Waals surface area contributed by atoms with E-state index >= 15 is 0 Å². The molecule has 0 heterocycles. The molecule has 0 rings (SSSR count). The van der Waals surface area contributed by atoms with Crippen LogP contribution in [-0.2, 0) is 14.6 Å². The molecule has 0 aromatic heterocycles. The molecule has 0 radical (unpaired) electrons. The summed E-state index contributed by atoms with van der Waals surface area (Å²) in [5.41, 5.74) is -0.00426. The molecular weight excluding hydrogens is 238 g/mol. The number of methoxy groups -OCH3 is 1. The van der Waals surface area contributed by atoms with Gasteiger partial charge in [0.15, 0.2) is 9.84 Å². The van der Waals surface area contributed by atoms with Crippen LogP contribution in [0, 0.1) is 5.41 Å². The van der Waals surface area contributed by atoms with Crippen LogP contribution in [0.2, 0.25) is 0 Å². The Morgan fingerprint density at radius 1 is 1.29 bits per heavy atom. The second kappa shape index (κ2) is 7.34. The maximum absolute atomic E-state index is 11.7. The van der Waals surface area contributed by atoms with Crippen molar-refractivity contribution in [2.75, 3.05) is 32.6 Å². The molecule has 0 saturated carbocycles. The minimum atomic E-state index is -2.92. The molecule has 0 aromatic carbocycles. The summed E-state index contributed by atoms with van der Waals surface area (Å²) >= 11 is 0. The summed E-state index contributed by atoms with van der Waals surface area (Å²) in [5, 5.41) is 2.99. The second-order valence-corrected chi connectivity index (χ2v) is 8.18. The molecule has 5 heteroatoms. The van der Waals surface area contributed by atoms with Crippen LogP contribution < -0.4 is 5.32 Å². The molecule has 0 unspecified atom stereocenters. The summed E-state index contributed by atoms with van der Waals surface area (Å²) in [4.78, 5) is 0. The lowest BCUT2D eigenvalue weighted by Crippen LogP contribution is -2.33. The van der Waals surface area contributed by atoms with Gasteiger partial charge in [-0.15, -0.1) is 0 Å². The zero-order valence-electron chi connectivity index (χ0n) is 11.7. The molecule has 0 amide bonds. The molecular formula is C12H27NO3S. The first-order chi connectivity index (χ1) is 7.71. The van der Waals surface area contributed by atoms with E-state index in [1.807, 2.05) is 0 Å². The molecule has 104 valence electrons. The number of sulfone groups is 1. The van der Waals surface area contributed by atoms with E-state index in [4.69, 9.17) is 4.74 Å². The standard InChI is InChI=1S/C12H27NO3S/c1-11(2)17(14,15)9-6-12(3,4)10-13-7-8-16-5/h11,13H,6-10H2,1-5H3. The van der Waals surface area contributed by atoms with Gasteiger partial charge in [-0.1, -0.05) is 13.8 Å². The topological polar surface area (TPSA) is 55.4 Å². The quantitative estimate of drug-likeness (QED) is 0.641. The Balaban J connectivity index is 4.01. The number of ether oxygens (including phenoxy) is 1. The number of hydrogen-bond donors (Lipinski definition) is 1. The highest BCUT2D eigenvalue weighted by molar-refractivity contribution is 7.91. The van der Waals surface area contributed by atoms with Gasteiger partial charge in [-0.2, -0.15) is 0 Å². The largest absolute Gasteiger partial charge is 0.383 e. The minimum Gasteiger partial charge on any atom is -0.383 e. The van der Waals surface area contributed by atoms with Crippen LogP contribution in [0.15, 0.2) is 0 Å². The van der Waals surface area contributed by atoms with Gasteiger partial charge in [-0.3, -0.25) is 0 Å². The third-order valence-electron chi connectivity index (χ3n) is 2.87. The fourth-order valence-electron chi connectivity index (χ4n) is 1.34. The Kier molecular flexibility index (Phi) is 7.28. The van der Waals surface area contributed by atoms with Gasteiger partial charge in [0.25, 0.3) is 0 Å². The van der Waals surface area contributed by atoms with E-state index in [2.05, 4.69) is 19.2 Å². The number of nitrogens with one attached hydrogen (secondary N) is 1. The van der Waals surface area contributed by atoms with Crippen LogP contribution in [0.3, 0.4) is 0 Å². The zero-order chi connectivity index (χ0) is 13.5. The van der Waals surface area contributed by atoms with Crippen LogP contribution in [0.4, 0.5) is 0 Å². The third kappa shape index (κ3) is 7.73. The first kappa shape index (κ1) is 16.9. The highest BCUT2D eigenvalue weighted by atomic mass is 32.2. The van der Waals surface area contributed by atoms with Gasteiger partial charge in [0, 0.05) is 20.2 Å². The van der Waals surface area contributed by atoms with Gasteiger partial charge in [-0.05, 0) is 25.7 Å². The van der Waals surface area contributed by atoms with Gasteiger partial charge in [0.05, 0.1) is 17.6 Å². The molecule has 0 atom stereocenters. The van der Waals surface area contributed by atoms with Crippen LogP contribution in [0.5, 0.6) is 0 Å². The van der Waals surface area contributed by atoms with E-state index in [-0.39, 0.29) is 16.4 Å². The second-order valence-electron chi connectivity index (χ2n) is 5.50. The molecule has 0 aliphatic heterocycles. The van der Waals surface area contributed by atoms with E-state index in [9.17, 15) is 8.42 Å². The summed E-state index contributed by atoms with van der Waals surface area (Å²) in [7, 11) is -1.25. The summed E-state index contributed by atoms with van der Waals surface area (Å²) in [6.45, 7) is 9.94. The van der Waals surface area contributed by atoms with Gasteiger partial charge in [-0.25, -0.2) is 8.42 Å². The molecule has 4 nitrogen and oxygen atoms in total. The highest BCUT2D eigenvalue weighted by Gasteiger charge is 2.23. The van der Waals surface area contributed by atoms with E-state index in [0.717, 1.165) is 13.1 Å². The van der Waals surface area contributed by atoms with Gasteiger partial charge >= 0.3 is 0 Å². The van der Waals surface area contributed by atoms with Crippen molar-refractivity contribution in [3.63, 3.8) is 0 Å². The fourth-order valence-corrected chi connectivity index (χ4v) is 2.65. The normalized spacial score (nSPS) is 13.3. The van der Waals surface area contributed by atoms with Crippen molar-refractivity contribution in [2.45, 2.75) is 39.4 Å². The van der Waals surface area contributed by atoms with Crippen LogP contribution in [0.1, 0.15) is 34.1 Å². The van der Waals surface area contributed by atoms with Crippen molar-refractivity contribution < 1.29 is 13.2 Å². The van der Waals surface area contributed by atoms with E-state index in [1.165, 1.54) is 0 Å². The van der Waals surface area contributed by atoms with Crippen molar-refractivity contribution in [1.82, 2.24) is 5.32 Å². The van der Waals surface area contributed by atoms with Crippen molar-refractivity contribution in [2.24, 2.45) is 5.41 Å². The lowest BCUT2D eigenvalue weighted by molar-refractivity contribution is 0.193. The average molecular weight is 265 g/mol. The highest BCUT2D eigenvalue weighted by Crippen LogP contribution is 2.21. The summed E-state index contributed by atoms with van der Waals surface area (Å²) in [6.07, 6.45) is 0.688. The predicted octanol–water partition coefficient (Wildman–Crippen LogP) is 1.46. The summed E-state index contributed by atoms with van der Waals surface area (Å²) in [5.74, 6) is 0.267. The predicted molar refractivity (Wildman–Crippen MR) is 72.1 cm³/mol. The number of rotatable bonds is 9. The van der Waals surface area contributed by atoms with E-state index in [0.29, 0.717) is 13.0 Å². The van der Waals surface area contributed by atoms with Crippen molar-refractivity contribution in [1.29, 1.82) is 0 Å². The Bertz CT molecular complexity index is 297. The maximum atomic E-state index is 11.7. The molecule has 0 fully saturated rings. The fraction of sp³-hybridized carbons (Fsp3) is 1.00. The Morgan fingerprint density at radius 2 is 1.88 bits per heavy atom. The SMILES string of the molecule is COCCNCC(C)(C)CCS(=O)(=O)C(C)C. The van der Waals surface area contributed by atoms with Crippen molar-refractivity contribution in [3.8, 4) is 0 Å². The molecule has 0 aromatic rings. The zero-order valence-corrected chi connectivity index (χ0v) is 12.6. The lowest BCUT2D eigenvalue weighted by Gasteiger charge is -2.25. The monoisotopic (exact) mass is 265 g/mol. The van der Waals surface area contributed by atoms with Crippen molar-refractivity contribution in [3.05, 3.63) is 0 Å². The summed E-state index contributed by atoms with van der Waals surface area (Å²) in [6, 6.07) is 0. The molecule has 17 heavy (non-hydrogen) atoms. The smallest absolute Gasteiger partial charge is 0.152 e. The van der Waals surface area contributed by atoms with Gasteiger partial charge in [0.2, 0.25) is 0 Å². The maximum Gasteiger partial charge on any atom is 0.152 e. The summed E-state index contributed by atoms with van der Waals surface area (Å²) < 4.78 is 28.4. The van der Waals surface area contributed by atoms with E-state index in [1.54, 1.807) is 21.0 Å². The first-order valence-corrected chi connectivity index (χ1v) is 7.84. The van der Waals surface area contributed by atoms with Crippen molar-refractivity contribution >= 4 is 9.84 Å². The van der Waals surface area contributed by atoms with Crippen LogP contribution >= 0.6 is 0 Å². The Labute approximate surface area is 106 Å². The molecule has 0 saturated heterocycles. The molecule has 0 aliphatic carbocycles. The molecule has 1 N–H and O–H groups in total. The van der Waals surface area contributed by atoms with Crippen LogP contribution in [0.25, 0.3) is 0 Å². The average Bonchev–Trinajstić information content (AvgIpc) is 2.22. The first-order valence-electron chi connectivity index (χ1n) is 6.12. The minimum absolute atomic E-state index is 0.00426. The Hall–Kier alpha value is -0.130. The molecule has 0 spiro atoms. The lowest BCUT2D eigenvalue weighted by atomic mass is 9.90. The molecule has 0 aliphatic rings. The molecule has 0 bridgehead atoms. The van der Waals surface area contributed by atoms with Gasteiger partial charge in [0.1, 0.15) is 0 Å². The Morgan fingerprint density at radius 3 is 2.35 bits per heavy atom. The van der Waals surface area contributed by atoms with E-state index < -0.39 is 9.84 Å². The van der Waals surface area contributed by atoms with Crippen LogP contribution in [-0.4, -0.2) is 46.2 Å². The third-order valence-corrected chi connectivity index (χ3v) is 5.08. The number of hydrogen-bond acceptors (Lipinski definition) is 4. The van der Waals surface area contributed by atoms with Gasteiger partial charge < -0.3 is 10.1 Å².